The monoisotopic (exact) mass is 190 g/mol. The van der Waals surface area contributed by atoms with Crippen molar-refractivity contribution in [3.8, 4) is 0 Å². The Kier molecular flexibility index (Phi) is 4.33. The van der Waals surface area contributed by atoms with E-state index < -0.39 is 0 Å². The number of pyridine rings is 1. The molecule has 1 aromatic heterocycles. The molecule has 14 heavy (non-hydrogen) atoms. The lowest BCUT2D eigenvalue weighted by Gasteiger charge is -2.13. The molecule has 0 aliphatic rings. The Morgan fingerprint density at radius 3 is 2.93 bits per heavy atom. The molecule has 2 heteroatoms. The summed E-state index contributed by atoms with van der Waals surface area (Å²) in [6.07, 6.45) is 2.85. The third-order valence-electron chi connectivity index (χ3n) is 2.29. The predicted octanol–water partition coefficient (Wildman–Crippen LogP) is 2.70. The molecule has 0 fully saturated rings. The second-order valence-electron chi connectivity index (χ2n) is 3.46. The SMILES string of the molecule is C=C(CC)CN[C@H](C)c1ccccn1. The maximum Gasteiger partial charge on any atom is 0.0570 e. The smallest absolute Gasteiger partial charge is 0.0570 e. The molecule has 0 unspecified atom stereocenters. The van der Waals surface area contributed by atoms with Crippen molar-refractivity contribution < 1.29 is 0 Å². The molecule has 0 bridgehead atoms. The summed E-state index contributed by atoms with van der Waals surface area (Å²) in [5, 5.41) is 3.39. The number of aromatic nitrogens is 1. The first-order valence-electron chi connectivity index (χ1n) is 5.05. The zero-order valence-corrected chi connectivity index (χ0v) is 8.96. The largest absolute Gasteiger partial charge is 0.305 e. The fraction of sp³-hybridized carbons (Fsp3) is 0.417. The molecule has 1 heterocycles. The van der Waals surface area contributed by atoms with E-state index >= 15 is 0 Å². The lowest BCUT2D eigenvalue weighted by Crippen LogP contribution is -2.21. The summed E-state index contributed by atoms with van der Waals surface area (Å²) in [4.78, 5) is 4.29. The Bertz CT molecular complexity index is 280. The molecule has 1 atom stereocenters. The first-order chi connectivity index (χ1) is 6.74. The van der Waals surface area contributed by atoms with Crippen LogP contribution in [0.15, 0.2) is 36.5 Å². The number of hydrogen-bond donors (Lipinski definition) is 1. The van der Waals surface area contributed by atoms with Gasteiger partial charge in [0, 0.05) is 18.8 Å². The Hall–Kier alpha value is -1.15. The van der Waals surface area contributed by atoms with Crippen LogP contribution in [0.5, 0.6) is 0 Å². The van der Waals surface area contributed by atoms with Crippen molar-refractivity contribution in [3.63, 3.8) is 0 Å². The summed E-state index contributed by atoms with van der Waals surface area (Å²) in [6.45, 7) is 9.06. The Morgan fingerprint density at radius 1 is 1.57 bits per heavy atom. The zero-order valence-electron chi connectivity index (χ0n) is 8.96. The normalized spacial score (nSPS) is 12.4. The number of nitrogens with one attached hydrogen (secondary N) is 1. The Morgan fingerprint density at radius 2 is 2.36 bits per heavy atom. The average molecular weight is 190 g/mol. The van der Waals surface area contributed by atoms with Gasteiger partial charge in [-0.2, -0.15) is 0 Å². The quantitative estimate of drug-likeness (QED) is 0.722. The summed E-state index contributed by atoms with van der Waals surface area (Å²) in [5.41, 5.74) is 2.31. The predicted molar refractivity (Wildman–Crippen MR) is 60.1 cm³/mol. The van der Waals surface area contributed by atoms with Gasteiger partial charge in [0.15, 0.2) is 0 Å². The highest BCUT2D eigenvalue weighted by atomic mass is 14.9. The molecule has 0 saturated heterocycles. The Balaban J connectivity index is 2.43. The topological polar surface area (TPSA) is 24.9 Å². The third kappa shape index (κ3) is 3.30. The molecule has 0 amide bonds. The molecule has 2 nitrogen and oxygen atoms in total. The van der Waals surface area contributed by atoms with Crippen molar-refractivity contribution in [2.45, 2.75) is 26.3 Å². The van der Waals surface area contributed by atoms with Crippen LogP contribution in [0.4, 0.5) is 0 Å². The van der Waals surface area contributed by atoms with Gasteiger partial charge in [0.1, 0.15) is 0 Å². The summed E-state index contributed by atoms with van der Waals surface area (Å²) in [5.74, 6) is 0. The number of hydrogen-bond acceptors (Lipinski definition) is 2. The van der Waals surface area contributed by atoms with E-state index in [-0.39, 0.29) is 0 Å². The van der Waals surface area contributed by atoms with Gasteiger partial charge in [-0.1, -0.05) is 25.1 Å². The van der Waals surface area contributed by atoms with E-state index in [9.17, 15) is 0 Å². The van der Waals surface area contributed by atoms with E-state index in [1.165, 1.54) is 5.57 Å². The van der Waals surface area contributed by atoms with Gasteiger partial charge in [0.25, 0.3) is 0 Å². The van der Waals surface area contributed by atoms with Crippen LogP contribution in [-0.2, 0) is 0 Å². The van der Waals surface area contributed by atoms with Crippen LogP contribution < -0.4 is 5.32 Å². The van der Waals surface area contributed by atoms with Crippen molar-refractivity contribution in [1.29, 1.82) is 0 Å². The molecule has 0 aromatic carbocycles. The minimum Gasteiger partial charge on any atom is -0.305 e. The molecule has 1 aromatic rings. The number of nitrogens with zero attached hydrogens (tertiary/aromatic N) is 1. The summed E-state index contributed by atoms with van der Waals surface area (Å²) < 4.78 is 0. The van der Waals surface area contributed by atoms with Crippen molar-refractivity contribution in [2.75, 3.05) is 6.54 Å². The van der Waals surface area contributed by atoms with E-state index in [4.69, 9.17) is 0 Å². The van der Waals surface area contributed by atoms with Crippen LogP contribution in [0.3, 0.4) is 0 Å². The van der Waals surface area contributed by atoms with E-state index in [0.717, 1.165) is 18.7 Å². The van der Waals surface area contributed by atoms with Crippen LogP contribution in [0, 0.1) is 0 Å². The molecule has 0 radical (unpaired) electrons. The molecular formula is C12H18N2. The van der Waals surface area contributed by atoms with Crippen LogP contribution >= 0.6 is 0 Å². The third-order valence-corrected chi connectivity index (χ3v) is 2.29. The zero-order chi connectivity index (χ0) is 10.4. The van der Waals surface area contributed by atoms with Crippen molar-refractivity contribution >= 4 is 0 Å². The highest BCUT2D eigenvalue weighted by molar-refractivity contribution is 5.08. The van der Waals surface area contributed by atoms with Gasteiger partial charge in [-0.3, -0.25) is 4.98 Å². The lowest BCUT2D eigenvalue weighted by molar-refractivity contribution is 0.587. The fourth-order valence-corrected chi connectivity index (χ4v) is 1.16. The summed E-state index contributed by atoms with van der Waals surface area (Å²) in [7, 11) is 0. The van der Waals surface area contributed by atoms with E-state index in [0.29, 0.717) is 6.04 Å². The van der Waals surface area contributed by atoms with Gasteiger partial charge in [0.05, 0.1) is 5.69 Å². The van der Waals surface area contributed by atoms with Crippen LogP contribution in [0.25, 0.3) is 0 Å². The first kappa shape index (κ1) is 10.9. The molecule has 0 spiro atoms. The minimum atomic E-state index is 0.291. The minimum absolute atomic E-state index is 0.291. The van der Waals surface area contributed by atoms with Gasteiger partial charge < -0.3 is 5.32 Å². The molecule has 0 saturated carbocycles. The second kappa shape index (κ2) is 5.55. The molecule has 1 N–H and O–H groups in total. The fourth-order valence-electron chi connectivity index (χ4n) is 1.16. The van der Waals surface area contributed by atoms with Gasteiger partial charge in [0.2, 0.25) is 0 Å². The van der Waals surface area contributed by atoms with Crippen molar-refractivity contribution in [2.24, 2.45) is 0 Å². The summed E-state index contributed by atoms with van der Waals surface area (Å²) >= 11 is 0. The molecule has 76 valence electrons. The molecule has 1 rings (SSSR count). The van der Waals surface area contributed by atoms with E-state index in [1.54, 1.807) is 0 Å². The van der Waals surface area contributed by atoms with Gasteiger partial charge >= 0.3 is 0 Å². The lowest BCUT2D eigenvalue weighted by atomic mass is 10.2. The van der Waals surface area contributed by atoms with Gasteiger partial charge in [-0.15, -0.1) is 0 Å². The summed E-state index contributed by atoms with van der Waals surface area (Å²) in [6, 6.07) is 6.27. The maximum atomic E-state index is 4.29. The first-order valence-corrected chi connectivity index (χ1v) is 5.05. The highest BCUT2D eigenvalue weighted by Gasteiger charge is 2.04. The molecule has 0 aliphatic heterocycles. The molecule has 0 aliphatic carbocycles. The van der Waals surface area contributed by atoms with Crippen molar-refractivity contribution in [1.82, 2.24) is 10.3 Å². The van der Waals surface area contributed by atoms with Gasteiger partial charge in [-0.25, -0.2) is 0 Å². The van der Waals surface area contributed by atoms with Gasteiger partial charge in [-0.05, 0) is 25.5 Å². The molecular weight excluding hydrogens is 172 g/mol. The van der Waals surface area contributed by atoms with Crippen LogP contribution in [0.2, 0.25) is 0 Å². The standard InChI is InChI=1S/C12H18N2/c1-4-10(2)9-14-11(3)12-7-5-6-8-13-12/h5-8,11,14H,2,4,9H2,1,3H3/t11-/m1/s1. The Labute approximate surface area is 86.1 Å². The second-order valence-corrected chi connectivity index (χ2v) is 3.46. The number of rotatable bonds is 5. The highest BCUT2D eigenvalue weighted by Crippen LogP contribution is 2.08. The van der Waals surface area contributed by atoms with Crippen LogP contribution in [0.1, 0.15) is 32.0 Å². The maximum absolute atomic E-state index is 4.29. The van der Waals surface area contributed by atoms with Crippen molar-refractivity contribution in [3.05, 3.63) is 42.2 Å². The van der Waals surface area contributed by atoms with Crippen LogP contribution in [-0.4, -0.2) is 11.5 Å². The van der Waals surface area contributed by atoms with E-state index in [1.807, 2.05) is 24.4 Å². The average Bonchev–Trinajstić information content (AvgIpc) is 2.26. The van der Waals surface area contributed by atoms with E-state index in [2.05, 4.69) is 30.7 Å².